The molecule has 1 aromatic carbocycles. The highest BCUT2D eigenvalue weighted by Crippen LogP contribution is 2.02. The molecule has 0 unspecified atom stereocenters. The lowest BCUT2D eigenvalue weighted by molar-refractivity contribution is -0.121. The maximum absolute atomic E-state index is 11.7. The lowest BCUT2D eigenvalue weighted by Gasteiger charge is -2.07. The monoisotopic (exact) mass is 341 g/mol. The first-order valence-corrected chi connectivity index (χ1v) is 8.42. The predicted octanol–water partition coefficient (Wildman–Crippen LogP) is 0.744. The highest BCUT2D eigenvalue weighted by Gasteiger charge is 2.08. The maximum atomic E-state index is 11.7. The van der Waals surface area contributed by atoms with Gasteiger partial charge in [0.25, 0.3) is 0 Å². The van der Waals surface area contributed by atoms with E-state index in [1.165, 1.54) is 6.08 Å². The van der Waals surface area contributed by atoms with Crippen molar-refractivity contribution < 1.29 is 22.7 Å². The van der Waals surface area contributed by atoms with Crippen molar-refractivity contribution >= 4 is 28.1 Å². The van der Waals surface area contributed by atoms with Crippen molar-refractivity contribution in [2.45, 2.75) is 13.3 Å². The minimum Gasteiger partial charge on any atom is -0.449 e. The second-order valence-electron chi connectivity index (χ2n) is 4.30. The Morgan fingerprint density at radius 3 is 2.52 bits per heavy atom. The van der Waals surface area contributed by atoms with Crippen molar-refractivity contribution in [3.05, 3.63) is 41.3 Å². The number of nitrogens with one attached hydrogen (secondary N) is 3. The van der Waals surface area contributed by atoms with Crippen molar-refractivity contribution in [1.29, 1.82) is 0 Å². The minimum absolute atomic E-state index is 0.0994. The van der Waals surface area contributed by atoms with Gasteiger partial charge in [0.05, 0.1) is 6.61 Å². The van der Waals surface area contributed by atoms with Gasteiger partial charge in [0.2, 0.25) is 15.9 Å². The zero-order chi connectivity index (χ0) is 17.1. The number of rotatable bonds is 7. The molecule has 0 atom stereocenters. The summed E-state index contributed by atoms with van der Waals surface area (Å²) in [6.45, 7) is 1.70. The summed E-state index contributed by atoms with van der Waals surface area (Å²) >= 11 is 0. The smallest absolute Gasteiger partial charge is 0.426 e. The number of hydrogen-bond donors (Lipinski definition) is 3. The molecule has 0 heterocycles. The van der Waals surface area contributed by atoms with E-state index in [4.69, 9.17) is 0 Å². The molecule has 8 nitrogen and oxygen atoms in total. The molecule has 0 radical (unpaired) electrons. The van der Waals surface area contributed by atoms with Gasteiger partial charge in [0.1, 0.15) is 0 Å². The number of hydrogen-bond acceptors (Lipinski definition) is 5. The van der Waals surface area contributed by atoms with Gasteiger partial charge < -0.3 is 4.74 Å². The van der Waals surface area contributed by atoms with Crippen LogP contribution in [0.4, 0.5) is 4.79 Å². The quantitative estimate of drug-likeness (QED) is 0.633. The van der Waals surface area contributed by atoms with Gasteiger partial charge in [-0.1, -0.05) is 30.3 Å². The summed E-state index contributed by atoms with van der Waals surface area (Å²) in [6, 6.07) is 8.94. The van der Waals surface area contributed by atoms with E-state index in [-0.39, 0.29) is 19.6 Å². The Balaban J connectivity index is 2.32. The molecule has 1 aromatic rings. The third-order valence-corrected chi connectivity index (χ3v) is 3.57. The summed E-state index contributed by atoms with van der Waals surface area (Å²) in [7, 11) is -3.64. The third-order valence-electron chi connectivity index (χ3n) is 2.47. The Labute approximate surface area is 134 Å². The van der Waals surface area contributed by atoms with E-state index >= 15 is 0 Å². The third kappa shape index (κ3) is 8.59. The molecule has 126 valence electrons. The van der Waals surface area contributed by atoms with Crippen molar-refractivity contribution in [3.63, 3.8) is 0 Å². The Bertz CT molecular complexity index is 644. The van der Waals surface area contributed by atoms with Gasteiger partial charge in [0.15, 0.2) is 0 Å². The first kappa shape index (κ1) is 18.7. The number of carbonyl (C=O) groups is 2. The second-order valence-corrected chi connectivity index (χ2v) is 5.95. The van der Waals surface area contributed by atoms with Gasteiger partial charge in [-0.2, -0.15) is 0 Å². The largest absolute Gasteiger partial charge is 0.449 e. The van der Waals surface area contributed by atoms with Crippen molar-refractivity contribution in [2.75, 3.05) is 13.2 Å². The summed E-state index contributed by atoms with van der Waals surface area (Å²) in [5.41, 5.74) is 4.87. The van der Waals surface area contributed by atoms with Gasteiger partial charge in [-0.25, -0.2) is 23.4 Å². The van der Waals surface area contributed by atoms with Gasteiger partial charge in [-0.05, 0) is 18.6 Å². The SMILES string of the molecule is CCOC(=O)NNC(=O)CCNS(=O)(=O)/C=C\c1ccccc1. The lowest BCUT2D eigenvalue weighted by atomic mass is 10.2. The highest BCUT2D eigenvalue weighted by atomic mass is 32.2. The van der Waals surface area contributed by atoms with Crippen LogP contribution in [0.5, 0.6) is 0 Å². The van der Waals surface area contributed by atoms with E-state index in [0.29, 0.717) is 0 Å². The van der Waals surface area contributed by atoms with E-state index < -0.39 is 22.0 Å². The number of hydrazine groups is 1. The summed E-state index contributed by atoms with van der Waals surface area (Å²) in [6.07, 6.45) is 0.530. The number of benzene rings is 1. The van der Waals surface area contributed by atoms with Crippen LogP contribution >= 0.6 is 0 Å². The maximum Gasteiger partial charge on any atom is 0.426 e. The summed E-state index contributed by atoms with van der Waals surface area (Å²) in [4.78, 5) is 22.3. The zero-order valence-electron chi connectivity index (χ0n) is 12.6. The fourth-order valence-corrected chi connectivity index (χ4v) is 2.26. The van der Waals surface area contributed by atoms with Crippen LogP contribution in [0.2, 0.25) is 0 Å². The second kappa shape index (κ2) is 9.59. The van der Waals surface area contributed by atoms with E-state index in [1.807, 2.05) is 11.5 Å². The molecule has 0 aliphatic heterocycles. The molecule has 2 amide bonds. The molecule has 3 N–H and O–H groups in total. The topological polar surface area (TPSA) is 114 Å². The molecule has 1 rings (SSSR count). The Morgan fingerprint density at radius 1 is 1.17 bits per heavy atom. The summed E-state index contributed by atoms with van der Waals surface area (Å²) in [5.74, 6) is -0.548. The number of amides is 2. The molecule has 0 saturated heterocycles. The van der Waals surface area contributed by atoms with Gasteiger partial charge in [-0.15, -0.1) is 0 Å². The number of ether oxygens (including phenoxy) is 1. The first-order valence-electron chi connectivity index (χ1n) is 6.87. The van der Waals surface area contributed by atoms with Gasteiger partial charge >= 0.3 is 6.09 Å². The molecule has 0 aliphatic carbocycles. The van der Waals surface area contributed by atoms with E-state index in [9.17, 15) is 18.0 Å². The van der Waals surface area contributed by atoms with Crippen molar-refractivity contribution in [3.8, 4) is 0 Å². The number of sulfonamides is 1. The van der Waals surface area contributed by atoms with E-state index in [0.717, 1.165) is 11.0 Å². The molecule has 0 aromatic heterocycles. The summed E-state index contributed by atoms with van der Waals surface area (Å²) in [5, 5.41) is 1.02. The van der Waals surface area contributed by atoms with Crippen LogP contribution < -0.4 is 15.6 Å². The molecule has 0 fully saturated rings. The van der Waals surface area contributed by atoms with Crippen LogP contribution in [-0.2, 0) is 19.6 Å². The van der Waals surface area contributed by atoms with E-state index in [1.54, 1.807) is 31.2 Å². The lowest BCUT2D eigenvalue weighted by Crippen LogP contribution is -2.43. The normalized spacial score (nSPS) is 11.2. The van der Waals surface area contributed by atoms with Crippen molar-refractivity contribution in [2.24, 2.45) is 0 Å². The fraction of sp³-hybridized carbons (Fsp3) is 0.286. The van der Waals surface area contributed by atoms with Crippen LogP contribution in [0.3, 0.4) is 0 Å². The standard InChI is InChI=1S/C14H19N3O5S/c1-2-22-14(19)17-16-13(18)8-10-15-23(20,21)11-9-12-6-4-3-5-7-12/h3-7,9,11,15H,2,8,10H2,1H3,(H,16,18)(H,17,19)/b11-9-. The van der Waals surface area contributed by atoms with Crippen LogP contribution in [0.25, 0.3) is 6.08 Å². The fourth-order valence-electron chi connectivity index (χ4n) is 1.44. The minimum atomic E-state index is -3.64. The highest BCUT2D eigenvalue weighted by molar-refractivity contribution is 7.92. The Morgan fingerprint density at radius 2 is 1.87 bits per heavy atom. The first-order chi connectivity index (χ1) is 10.9. The van der Waals surface area contributed by atoms with Crippen LogP contribution in [0.15, 0.2) is 35.7 Å². The number of carbonyl (C=O) groups excluding carboxylic acids is 2. The zero-order valence-corrected chi connectivity index (χ0v) is 13.4. The predicted molar refractivity (Wildman–Crippen MR) is 85.3 cm³/mol. The molecule has 0 bridgehead atoms. The molecule has 23 heavy (non-hydrogen) atoms. The summed E-state index contributed by atoms with van der Waals surface area (Å²) < 4.78 is 30.2. The Kier molecular flexibility index (Phi) is 7.78. The molecule has 0 saturated carbocycles. The van der Waals surface area contributed by atoms with Gasteiger partial charge in [-0.3, -0.25) is 10.2 Å². The van der Waals surface area contributed by atoms with Gasteiger partial charge in [0, 0.05) is 18.4 Å². The molecule has 0 spiro atoms. The van der Waals surface area contributed by atoms with Crippen LogP contribution in [0, 0.1) is 0 Å². The molecule has 0 aliphatic rings. The molecular weight excluding hydrogens is 322 g/mol. The average Bonchev–Trinajstić information content (AvgIpc) is 2.52. The molecular formula is C14H19N3O5S. The van der Waals surface area contributed by atoms with Crippen LogP contribution in [-0.4, -0.2) is 33.6 Å². The van der Waals surface area contributed by atoms with E-state index in [2.05, 4.69) is 14.9 Å². The van der Waals surface area contributed by atoms with Crippen LogP contribution in [0.1, 0.15) is 18.9 Å². The molecule has 9 heteroatoms. The average molecular weight is 341 g/mol. The van der Waals surface area contributed by atoms with Crippen molar-refractivity contribution in [1.82, 2.24) is 15.6 Å². The Hall–Kier alpha value is -2.39.